The molecule has 8 heteroatoms. The van der Waals surface area contributed by atoms with E-state index in [9.17, 15) is 18.8 Å². The molecule has 1 saturated heterocycles. The Kier molecular flexibility index (Phi) is 3.39. The number of hydrogen-bond donors (Lipinski definition) is 2. The fourth-order valence-corrected chi connectivity index (χ4v) is 2.16. The van der Waals surface area contributed by atoms with E-state index in [1.54, 1.807) is 0 Å². The van der Waals surface area contributed by atoms with Crippen molar-refractivity contribution in [2.75, 3.05) is 6.54 Å². The Morgan fingerprint density at radius 3 is 2.70 bits per heavy atom. The van der Waals surface area contributed by atoms with Crippen LogP contribution in [0.4, 0.5) is 9.18 Å². The van der Waals surface area contributed by atoms with Gasteiger partial charge in [0.25, 0.3) is 5.91 Å². The summed E-state index contributed by atoms with van der Waals surface area (Å²) in [6.07, 6.45) is 0. The van der Waals surface area contributed by atoms with Crippen LogP contribution in [-0.4, -0.2) is 34.5 Å². The highest BCUT2D eigenvalue weighted by molar-refractivity contribution is 6.30. The minimum absolute atomic E-state index is 0.192. The van der Waals surface area contributed by atoms with E-state index >= 15 is 0 Å². The van der Waals surface area contributed by atoms with E-state index in [4.69, 9.17) is 16.7 Å². The number of amides is 3. The fourth-order valence-electron chi connectivity index (χ4n) is 1.98. The van der Waals surface area contributed by atoms with Crippen molar-refractivity contribution in [1.82, 2.24) is 10.2 Å². The zero-order chi connectivity index (χ0) is 15.1. The summed E-state index contributed by atoms with van der Waals surface area (Å²) in [7, 11) is 0. The van der Waals surface area contributed by atoms with E-state index in [0.717, 1.165) is 6.07 Å². The van der Waals surface area contributed by atoms with Crippen LogP contribution in [0.1, 0.15) is 12.5 Å². The number of rotatable bonds is 3. The normalized spacial score (nSPS) is 22.1. The maximum atomic E-state index is 13.1. The summed E-state index contributed by atoms with van der Waals surface area (Å²) >= 11 is 5.65. The van der Waals surface area contributed by atoms with Crippen LogP contribution < -0.4 is 5.32 Å². The molecule has 0 bridgehead atoms. The number of carbonyl (C=O) groups excluding carboxylic acids is 2. The van der Waals surface area contributed by atoms with Crippen molar-refractivity contribution in [3.05, 3.63) is 34.6 Å². The molecule has 6 nitrogen and oxygen atoms in total. The van der Waals surface area contributed by atoms with E-state index in [-0.39, 0.29) is 10.6 Å². The first kappa shape index (κ1) is 14.3. The van der Waals surface area contributed by atoms with Gasteiger partial charge < -0.3 is 10.4 Å². The van der Waals surface area contributed by atoms with Crippen LogP contribution in [0.25, 0.3) is 0 Å². The van der Waals surface area contributed by atoms with Crippen molar-refractivity contribution >= 4 is 29.5 Å². The number of carbonyl (C=O) groups is 3. The van der Waals surface area contributed by atoms with E-state index in [1.165, 1.54) is 19.1 Å². The molecule has 0 aromatic heterocycles. The van der Waals surface area contributed by atoms with Crippen molar-refractivity contribution in [2.24, 2.45) is 0 Å². The Labute approximate surface area is 118 Å². The molecule has 1 unspecified atom stereocenters. The van der Waals surface area contributed by atoms with E-state index in [1.807, 2.05) is 0 Å². The molecular formula is C12H10ClFN2O4. The van der Waals surface area contributed by atoms with Gasteiger partial charge in [-0.15, -0.1) is 0 Å². The Balaban J connectivity index is 2.40. The molecule has 0 spiro atoms. The summed E-state index contributed by atoms with van der Waals surface area (Å²) < 4.78 is 13.1. The van der Waals surface area contributed by atoms with Crippen LogP contribution in [0.2, 0.25) is 5.02 Å². The van der Waals surface area contributed by atoms with Gasteiger partial charge in [0.05, 0.1) is 5.02 Å². The maximum Gasteiger partial charge on any atom is 0.325 e. The number of nitrogens with zero attached hydrogens (tertiary/aromatic N) is 1. The molecule has 1 aliphatic rings. The van der Waals surface area contributed by atoms with Gasteiger partial charge in [0.1, 0.15) is 17.9 Å². The average Bonchev–Trinajstić information content (AvgIpc) is 2.57. The van der Waals surface area contributed by atoms with Gasteiger partial charge in [-0.3, -0.25) is 14.5 Å². The van der Waals surface area contributed by atoms with Gasteiger partial charge in [-0.05, 0) is 24.6 Å². The molecule has 1 aliphatic heterocycles. The van der Waals surface area contributed by atoms with Crippen LogP contribution in [0.15, 0.2) is 18.2 Å². The lowest BCUT2D eigenvalue weighted by Gasteiger charge is -2.22. The summed E-state index contributed by atoms with van der Waals surface area (Å²) in [6, 6.07) is 2.78. The third-order valence-electron chi connectivity index (χ3n) is 3.07. The van der Waals surface area contributed by atoms with E-state index < -0.39 is 35.8 Å². The maximum absolute atomic E-state index is 13.1. The van der Waals surface area contributed by atoms with Gasteiger partial charge in [-0.2, -0.15) is 0 Å². The second kappa shape index (κ2) is 4.75. The van der Waals surface area contributed by atoms with Crippen LogP contribution in [0.3, 0.4) is 0 Å². The molecule has 20 heavy (non-hydrogen) atoms. The van der Waals surface area contributed by atoms with Gasteiger partial charge in [0.15, 0.2) is 0 Å². The molecule has 1 heterocycles. The fraction of sp³-hybridized carbons (Fsp3) is 0.250. The molecule has 0 saturated carbocycles. The molecule has 1 atom stereocenters. The SMILES string of the molecule is CC1(c2ccc(F)c(Cl)c2)NC(=O)N(CC(=O)O)C1=O. The molecule has 3 amide bonds. The summed E-state index contributed by atoms with van der Waals surface area (Å²) in [6.45, 7) is 0.661. The number of hydrogen-bond acceptors (Lipinski definition) is 3. The first-order valence-corrected chi connectivity index (χ1v) is 5.95. The van der Waals surface area contributed by atoms with Crippen molar-refractivity contribution in [3.63, 3.8) is 0 Å². The molecule has 1 aromatic carbocycles. The quantitative estimate of drug-likeness (QED) is 0.825. The Morgan fingerprint density at radius 2 is 2.15 bits per heavy atom. The third-order valence-corrected chi connectivity index (χ3v) is 3.35. The predicted octanol–water partition coefficient (Wildman–Crippen LogP) is 1.33. The Morgan fingerprint density at radius 1 is 1.50 bits per heavy atom. The van der Waals surface area contributed by atoms with Gasteiger partial charge in [-0.1, -0.05) is 17.7 Å². The molecule has 2 N–H and O–H groups in total. The number of carboxylic acid groups (broad SMARTS) is 1. The minimum atomic E-state index is -1.47. The Bertz CT molecular complexity index is 621. The number of carboxylic acids is 1. The topological polar surface area (TPSA) is 86.7 Å². The molecular weight excluding hydrogens is 291 g/mol. The van der Waals surface area contributed by atoms with Crippen LogP contribution in [0.5, 0.6) is 0 Å². The smallest absolute Gasteiger partial charge is 0.325 e. The van der Waals surface area contributed by atoms with Crippen molar-refractivity contribution in [3.8, 4) is 0 Å². The van der Waals surface area contributed by atoms with Crippen LogP contribution >= 0.6 is 11.6 Å². The first-order valence-electron chi connectivity index (χ1n) is 5.57. The number of aliphatic carboxylic acids is 1. The highest BCUT2D eigenvalue weighted by Crippen LogP contribution is 2.31. The van der Waals surface area contributed by atoms with Crippen LogP contribution in [0, 0.1) is 5.82 Å². The highest BCUT2D eigenvalue weighted by Gasteiger charge is 2.49. The molecule has 106 valence electrons. The lowest BCUT2D eigenvalue weighted by molar-refractivity contribution is -0.142. The van der Waals surface area contributed by atoms with Crippen molar-refractivity contribution in [2.45, 2.75) is 12.5 Å². The van der Waals surface area contributed by atoms with E-state index in [0.29, 0.717) is 4.90 Å². The third kappa shape index (κ3) is 2.20. The molecule has 1 fully saturated rings. The summed E-state index contributed by atoms with van der Waals surface area (Å²) in [5.41, 5.74) is -1.20. The number of urea groups is 1. The number of imide groups is 1. The first-order chi connectivity index (χ1) is 9.25. The molecule has 0 aliphatic carbocycles. The summed E-state index contributed by atoms with van der Waals surface area (Å²) in [5.74, 6) is -2.69. The predicted molar refractivity (Wildman–Crippen MR) is 66.6 cm³/mol. The average molecular weight is 301 g/mol. The monoisotopic (exact) mass is 300 g/mol. The van der Waals surface area contributed by atoms with Crippen molar-refractivity contribution < 1.29 is 23.9 Å². The zero-order valence-electron chi connectivity index (χ0n) is 10.3. The standard InChI is InChI=1S/C12H10ClFN2O4/c1-12(6-2-3-8(14)7(13)4-6)10(19)16(5-9(17)18)11(20)15-12/h2-4H,5H2,1H3,(H,15,20)(H,17,18). The largest absolute Gasteiger partial charge is 0.480 e. The van der Waals surface area contributed by atoms with Gasteiger partial charge >= 0.3 is 12.0 Å². The molecule has 1 aromatic rings. The number of halogens is 2. The highest BCUT2D eigenvalue weighted by atomic mass is 35.5. The van der Waals surface area contributed by atoms with Gasteiger partial charge in [0, 0.05) is 0 Å². The lowest BCUT2D eigenvalue weighted by atomic mass is 9.92. The number of benzene rings is 1. The van der Waals surface area contributed by atoms with E-state index in [2.05, 4.69) is 5.32 Å². The lowest BCUT2D eigenvalue weighted by Crippen LogP contribution is -2.41. The minimum Gasteiger partial charge on any atom is -0.480 e. The van der Waals surface area contributed by atoms with Crippen LogP contribution in [-0.2, 0) is 15.1 Å². The summed E-state index contributed by atoms with van der Waals surface area (Å²) in [5, 5.41) is 10.9. The van der Waals surface area contributed by atoms with Gasteiger partial charge in [0.2, 0.25) is 0 Å². The molecule has 2 rings (SSSR count). The zero-order valence-corrected chi connectivity index (χ0v) is 11.1. The van der Waals surface area contributed by atoms with Crippen molar-refractivity contribution in [1.29, 1.82) is 0 Å². The van der Waals surface area contributed by atoms with Gasteiger partial charge in [-0.25, -0.2) is 9.18 Å². The summed E-state index contributed by atoms with van der Waals surface area (Å²) in [4.78, 5) is 35.1. The number of nitrogens with one attached hydrogen (secondary N) is 1. The second-order valence-electron chi connectivity index (χ2n) is 4.47. The second-order valence-corrected chi connectivity index (χ2v) is 4.88. The molecule has 0 radical (unpaired) electrons. The Hall–Kier alpha value is -2.15.